The van der Waals surface area contributed by atoms with Crippen LogP contribution in [-0.2, 0) is 0 Å². The maximum absolute atomic E-state index is 6.36. The topological polar surface area (TPSA) is 77.6 Å². The minimum atomic E-state index is 0.597. The highest BCUT2D eigenvalue weighted by molar-refractivity contribution is 6.19. The zero-order valence-electron chi connectivity index (χ0n) is 35.0. The number of hydrogen-bond donors (Lipinski definition) is 0. The van der Waals surface area contributed by atoms with Crippen molar-refractivity contribution < 1.29 is 4.42 Å². The maximum atomic E-state index is 6.36. The Morgan fingerprint density at radius 3 is 1.29 bits per heavy atom. The van der Waals surface area contributed by atoms with Crippen LogP contribution in [0.1, 0.15) is 0 Å². The summed E-state index contributed by atoms with van der Waals surface area (Å²) < 4.78 is 6.36. The number of aromatic nitrogens is 5. The smallest absolute Gasteiger partial charge is 0.164 e. The number of rotatable bonds is 8. The lowest BCUT2D eigenvalue weighted by Crippen LogP contribution is -2.00. The highest BCUT2D eigenvalue weighted by atomic mass is 16.3. The van der Waals surface area contributed by atoms with E-state index >= 15 is 0 Å². The van der Waals surface area contributed by atoms with Gasteiger partial charge in [-0.2, -0.15) is 0 Å². The highest BCUT2D eigenvalue weighted by Gasteiger charge is 2.17. The standard InChI is InChI=1S/C59H37N5O/c1-4-15-38(16-5-1)42-22-13-26-47(34-42)58-62-57(41-20-8-3-9-21-41)63-59(64-58)48-27-14-24-44(35-48)43-23-12-25-45(33-43)51-37-52(61-56(60-51)40-18-6-2-7-19-40)46-30-31-53-50(36-46)55-49-28-11-10-17-39(49)29-32-54(55)65-53/h1-37H. The Balaban J connectivity index is 0.948. The average molecular weight is 832 g/mol. The SMILES string of the molecule is c1ccc(-c2cccc(-c3nc(-c4ccccc4)nc(-c4cccc(-c5cccc(-c6cc(-c7ccc8oc9ccc%10ccccc%10c9c8c7)nc(-c7ccccc7)n6)c5)c4)n3)c2)cc1. The van der Waals surface area contributed by atoms with Gasteiger partial charge in [0.05, 0.1) is 11.4 Å². The van der Waals surface area contributed by atoms with Gasteiger partial charge in [0, 0.05) is 44.2 Å². The number of furan rings is 1. The Hall–Kier alpha value is -8.87. The molecule has 0 aliphatic rings. The fraction of sp³-hybridized carbons (Fsp3) is 0. The second-order valence-corrected chi connectivity index (χ2v) is 16.1. The Labute approximate surface area is 375 Å². The van der Waals surface area contributed by atoms with Gasteiger partial charge in [0.15, 0.2) is 23.3 Å². The first kappa shape index (κ1) is 37.9. The molecule has 0 aliphatic carbocycles. The second-order valence-electron chi connectivity index (χ2n) is 16.1. The fourth-order valence-corrected chi connectivity index (χ4v) is 8.68. The van der Waals surface area contributed by atoms with Gasteiger partial charge in [-0.3, -0.25) is 0 Å². The van der Waals surface area contributed by atoms with Gasteiger partial charge in [-0.15, -0.1) is 0 Å². The van der Waals surface area contributed by atoms with Crippen LogP contribution in [0, 0.1) is 0 Å². The van der Waals surface area contributed by atoms with Crippen molar-refractivity contribution in [3.8, 4) is 90.3 Å². The van der Waals surface area contributed by atoms with E-state index in [-0.39, 0.29) is 0 Å². The number of nitrogens with zero attached hydrogens (tertiary/aromatic N) is 5. The van der Waals surface area contributed by atoms with E-state index in [2.05, 4.69) is 170 Å². The lowest BCUT2D eigenvalue weighted by Gasteiger charge is -2.12. The Morgan fingerprint density at radius 1 is 0.246 bits per heavy atom. The molecule has 0 unspecified atom stereocenters. The zero-order chi connectivity index (χ0) is 43.1. The molecule has 0 atom stereocenters. The number of hydrogen-bond acceptors (Lipinski definition) is 6. The van der Waals surface area contributed by atoms with E-state index in [1.54, 1.807) is 0 Å². The molecule has 304 valence electrons. The average Bonchev–Trinajstić information content (AvgIpc) is 3.78. The van der Waals surface area contributed by atoms with E-state index < -0.39 is 0 Å². The van der Waals surface area contributed by atoms with Crippen LogP contribution in [0.4, 0.5) is 0 Å². The molecule has 0 fully saturated rings. The van der Waals surface area contributed by atoms with Crippen molar-refractivity contribution in [2.75, 3.05) is 0 Å². The zero-order valence-corrected chi connectivity index (χ0v) is 35.0. The van der Waals surface area contributed by atoms with Crippen LogP contribution in [0.15, 0.2) is 229 Å². The summed E-state index contributed by atoms with van der Waals surface area (Å²) >= 11 is 0. The van der Waals surface area contributed by atoms with E-state index in [4.69, 9.17) is 29.3 Å². The van der Waals surface area contributed by atoms with Gasteiger partial charge in [-0.25, -0.2) is 24.9 Å². The van der Waals surface area contributed by atoms with Gasteiger partial charge in [0.2, 0.25) is 0 Å². The molecule has 0 amide bonds. The first-order chi connectivity index (χ1) is 32.2. The predicted octanol–water partition coefficient (Wildman–Crippen LogP) is 15.1. The molecule has 6 nitrogen and oxygen atoms in total. The molecule has 6 heteroatoms. The third-order valence-corrected chi connectivity index (χ3v) is 11.9. The first-order valence-corrected chi connectivity index (χ1v) is 21.6. The van der Waals surface area contributed by atoms with Gasteiger partial charge in [-0.05, 0) is 81.6 Å². The summed E-state index contributed by atoms with van der Waals surface area (Å²) in [7, 11) is 0. The van der Waals surface area contributed by atoms with Crippen molar-refractivity contribution >= 4 is 32.7 Å². The lowest BCUT2D eigenvalue weighted by atomic mass is 9.98. The van der Waals surface area contributed by atoms with E-state index in [1.807, 2.05) is 54.6 Å². The van der Waals surface area contributed by atoms with E-state index in [1.165, 1.54) is 5.39 Å². The van der Waals surface area contributed by atoms with Gasteiger partial charge in [-0.1, -0.05) is 176 Å². The largest absolute Gasteiger partial charge is 0.456 e. The van der Waals surface area contributed by atoms with Gasteiger partial charge < -0.3 is 4.42 Å². The summed E-state index contributed by atoms with van der Waals surface area (Å²) in [5.74, 6) is 2.48. The Morgan fingerprint density at radius 2 is 0.677 bits per heavy atom. The number of benzene rings is 9. The minimum absolute atomic E-state index is 0.597. The fourth-order valence-electron chi connectivity index (χ4n) is 8.68. The lowest BCUT2D eigenvalue weighted by molar-refractivity contribution is 0.669. The predicted molar refractivity (Wildman–Crippen MR) is 264 cm³/mol. The number of fused-ring (bicyclic) bond motifs is 5. The summed E-state index contributed by atoms with van der Waals surface area (Å²) in [6.07, 6.45) is 0. The molecule has 12 rings (SSSR count). The first-order valence-electron chi connectivity index (χ1n) is 21.6. The Bertz CT molecular complexity index is 3720. The van der Waals surface area contributed by atoms with Crippen LogP contribution >= 0.6 is 0 Å². The van der Waals surface area contributed by atoms with Crippen LogP contribution in [0.25, 0.3) is 123 Å². The molecule has 65 heavy (non-hydrogen) atoms. The quantitative estimate of drug-likeness (QED) is 0.152. The summed E-state index contributed by atoms with van der Waals surface area (Å²) in [6, 6.07) is 77.0. The Kier molecular flexibility index (Phi) is 9.38. The molecule has 3 heterocycles. The van der Waals surface area contributed by atoms with Crippen molar-refractivity contribution in [3.05, 3.63) is 224 Å². The molecule has 0 N–H and O–H groups in total. The summed E-state index contributed by atoms with van der Waals surface area (Å²) in [6.45, 7) is 0. The summed E-state index contributed by atoms with van der Waals surface area (Å²) in [5, 5.41) is 4.50. The monoisotopic (exact) mass is 831 g/mol. The maximum Gasteiger partial charge on any atom is 0.164 e. The van der Waals surface area contributed by atoms with Crippen molar-refractivity contribution in [2.45, 2.75) is 0 Å². The van der Waals surface area contributed by atoms with Crippen molar-refractivity contribution in [2.24, 2.45) is 0 Å². The molecule has 0 aliphatic heterocycles. The van der Waals surface area contributed by atoms with Crippen LogP contribution in [0.3, 0.4) is 0 Å². The molecule has 0 saturated heterocycles. The van der Waals surface area contributed by atoms with E-state index in [9.17, 15) is 0 Å². The molecule has 9 aromatic carbocycles. The van der Waals surface area contributed by atoms with Crippen molar-refractivity contribution in [3.63, 3.8) is 0 Å². The molecule has 0 bridgehead atoms. The molecular formula is C59H37N5O. The minimum Gasteiger partial charge on any atom is -0.456 e. The molecule has 12 aromatic rings. The highest BCUT2D eigenvalue weighted by Crippen LogP contribution is 2.38. The van der Waals surface area contributed by atoms with E-state index in [0.29, 0.717) is 23.3 Å². The molecule has 0 radical (unpaired) electrons. The third-order valence-electron chi connectivity index (χ3n) is 11.9. The van der Waals surface area contributed by atoms with Crippen LogP contribution in [-0.4, -0.2) is 24.9 Å². The van der Waals surface area contributed by atoms with Gasteiger partial charge >= 0.3 is 0 Å². The van der Waals surface area contributed by atoms with Crippen molar-refractivity contribution in [1.82, 2.24) is 24.9 Å². The second kappa shape index (κ2) is 16.1. The molecule has 0 saturated carbocycles. The van der Waals surface area contributed by atoms with Gasteiger partial charge in [0.25, 0.3) is 0 Å². The van der Waals surface area contributed by atoms with Crippen LogP contribution < -0.4 is 0 Å². The van der Waals surface area contributed by atoms with Gasteiger partial charge in [0.1, 0.15) is 11.2 Å². The van der Waals surface area contributed by atoms with Crippen molar-refractivity contribution in [1.29, 1.82) is 0 Å². The summed E-state index contributed by atoms with van der Waals surface area (Å²) in [4.78, 5) is 25.6. The molecule has 3 aromatic heterocycles. The van der Waals surface area contributed by atoms with E-state index in [0.717, 1.165) is 94.3 Å². The summed E-state index contributed by atoms with van der Waals surface area (Å²) in [5.41, 5.74) is 13.3. The molecule has 0 spiro atoms. The van der Waals surface area contributed by atoms with Crippen LogP contribution in [0.5, 0.6) is 0 Å². The molecular weight excluding hydrogens is 795 g/mol. The third kappa shape index (κ3) is 7.29. The van der Waals surface area contributed by atoms with Crippen LogP contribution in [0.2, 0.25) is 0 Å². The normalized spacial score (nSPS) is 11.4.